The minimum atomic E-state index is -0.430. The molecule has 0 unspecified atom stereocenters. The van der Waals surface area contributed by atoms with E-state index in [0.29, 0.717) is 31.9 Å². The van der Waals surface area contributed by atoms with Gasteiger partial charge in [0.1, 0.15) is 18.1 Å². The topological polar surface area (TPSA) is 75.0 Å². The van der Waals surface area contributed by atoms with Gasteiger partial charge in [0, 0.05) is 31.8 Å². The summed E-state index contributed by atoms with van der Waals surface area (Å²) in [6, 6.07) is 9.25. The van der Waals surface area contributed by atoms with Gasteiger partial charge in [-0.2, -0.15) is 0 Å². The van der Waals surface area contributed by atoms with E-state index in [1.807, 2.05) is 27.7 Å². The Morgan fingerprint density at radius 2 is 1.81 bits per heavy atom. The quantitative estimate of drug-likeness (QED) is 0.524. The van der Waals surface area contributed by atoms with Crippen molar-refractivity contribution >= 4 is 11.9 Å². The first kappa shape index (κ1) is 25.4. The molecule has 1 aromatic heterocycles. The molecular weight excluding hydrogens is 413 g/mol. The molecule has 8 heteroatoms. The number of benzene rings is 1. The number of furan rings is 1. The average Bonchev–Trinajstić information content (AvgIpc) is 3.23. The zero-order valence-corrected chi connectivity index (χ0v) is 19.4. The highest BCUT2D eigenvalue weighted by Gasteiger charge is 2.24. The smallest absolute Gasteiger partial charge is 0.318 e. The Bertz CT molecular complexity index is 832. The van der Waals surface area contributed by atoms with Gasteiger partial charge in [-0.25, -0.2) is 9.18 Å². The Morgan fingerprint density at radius 3 is 2.41 bits per heavy atom. The summed E-state index contributed by atoms with van der Waals surface area (Å²) in [7, 11) is 0. The lowest BCUT2D eigenvalue weighted by molar-refractivity contribution is -0.133. The highest BCUT2D eigenvalue weighted by Crippen LogP contribution is 2.13. The molecule has 0 fully saturated rings. The molecule has 0 aliphatic carbocycles. The Hall–Kier alpha value is -2.87. The lowest BCUT2D eigenvalue weighted by atomic mass is 10.1. The predicted molar refractivity (Wildman–Crippen MR) is 120 cm³/mol. The van der Waals surface area contributed by atoms with E-state index in [2.05, 4.69) is 5.32 Å². The van der Waals surface area contributed by atoms with Gasteiger partial charge in [-0.15, -0.1) is 0 Å². The van der Waals surface area contributed by atoms with Crippen LogP contribution in [0.1, 0.15) is 45.4 Å². The van der Waals surface area contributed by atoms with Crippen LogP contribution in [0.5, 0.6) is 0 Å². The van der Waals surface area contributed by atoms with Crippen LogP contribution >= 0.6 is 0 Å². The van der Waals surface area contributed by atoms with Crippen molar-refractivity contribution in [3.8, 4) is 0 Å². The van der Waals surface area contributed by atoms with Gasteiger partial charge in [0.15, 0.2) is 0 Å². The van der Waals surface area contributed by atoms with E-state index >= 15 is 0 Å². The number of hydrogen-bond acceptors (Lipinski definition) is 4. The number of halogens is 1. The molecule has 0 bridgehead atoms. The van der Waals surface area contributed by atoms with Gasteiger partial charge < -0.3 is 24.3 Å². The molecule has 7 nitrogen and oxygen atoms in total. The molecule has 176 valence electrons. The molecule has 0 spiro atoms. The van der Waals surface area contributed by atoms with Gasteiger partial charge in [0.05, 0.1) is 12.8 Å². The number of rotatable bonds is 11. The summed E-state index contributed by atoms with van der Waals surface area (Å²) in [5.74, 6) is 0.0608. The molecule has 3 amide bonds. The van der Waals surface area contributed by atoms with Crippen LogP contribution in [-0.4, -0.2) is 53.6 Å². The van der Waals surface area contributed by atoms with Crippen LogP contribution in [0.3, 0.4) is 0 Å². The Labute approximate surface area is 189 Å². The average molecular weight is 448 g/mol. The van der Waals surface area contributed by atoms with Crippen LogP contribution < -0.4 is 5.32 Å². The van der Waals surface area contributed by atoms with Crippen LogP contribution in [0.25, 0.3) is 0 Å². The summed E-state index contributed by atoms with van der Waals surface area (Å²) in [5.41, 5.74) is 0.355. The van der Waals surface area contributed by atoms with Crippen LogP contribution in [0, 0.1) is 5.82 Å². The molecule has 1 aromatic carbocycles. The molecular formula is C24H34FN3O4. The molecule has 0 aliphatic heterocycles. The monoisotopic (exact) mass is 447 g/mol. The van der Waals surface area contributed by atoms with Crippen molar-refractivity contribution in [1.29, 1.82) is 0 Å². The van der Waals surface area contributed by atoms with Gasteiger partial charge in [-0.3, -0.25) is 4.79 Å². The van der Waals surface area contributed by atoms with E-state index < -0.39 is 5.54 Å². The first-order valence-electron chi connectivity index (χ1n) is 10.9. The molecule has 0 aliphatic rings. The number of carbonyl (C=O) groups excluding carboxylic acids is 2. The van der Waals surface area contributed by atoms with E-state index in [1.165, 1.54) is 17.0 Å². The van der Waals surface area contributed by atoms with Gasteiger partial charge in [0.2, 0.25) is 5.91 Å². The van der Waals surface area contributed by atoms with E-state index in [0.717, 1.165) is 5.56 Å². The fraction of sp³-hybridized carbons (Fsp3) is 0.500. The fourth-order valence-electron chi connectivity index (χ4n) is 3.05. The number of amides is 3. The summed E-state index contributed by atoms with van der Waals surface area (Å²) >= 11 is 0. The second kappa shape index (κ2) is 12.2. The molecule has 1 heterocycles. The zero-order chi connectivity index (χ0) is 23.6. The van der Waals surface area contributed by atoms with Crippen molar-refractivity contribution in [2.45, 2.75) is 52.7 Å². The number of carbonyl (C=O) groups is 2. The number of hydrogen-bond donors (Lipinski definition) is 1. The Balaban J connectivity index is 2.14. The van der Waals surface area contributed by atoms with Crippen molar-refractivity contribution < 1.29 is 23.1 Å². The van der Waals surface area contributed by atoms with Crippen molar-refractivity contribution in [3.63, 3.8) is 0 Å². The number of nitrogens with one attached hydrogen (secondary N) is 1. The van der Waals surface area contributed by atoms with Crippen molar-refractivity contribution in [1.82, 2.24) is 15.1 Å². The van der Waals surface area contributed by atoms with Crippen molar-refractivity contribution in [2.75, 3.05) is 26.3 Å². The van der Waals surface area contributed by atoms with Gasteiger partial charge in [0.25, 0.3) is 0 Å². The second-order valence-corrected chi connectivity index (χ2v) is 8.61. The third-order valence-electron chi connectivity index (χ3n) is 4.58. The third-order valence-corrected chi connectivity index (χ3v) is 4.58. The summed E-state index contributed by atoms with van der Waals surface area (Å²) < 4.78 is 24.1. The summed E-state index contributed by atoms with van der Waals surface area (Å²) in [6.45, 7) is 9.51. The van der Waals surface area contributed by atoms with Gasteiger partial charge in [-0.1, -0.05) is 12.1 Å². The van der Waals surface area contributed by atoms with Crippen molar-refractivity contribution in [2.24, 2.45) is 0 Å². The Morgan fingerprint density at radius 1 is 1.09 bits per heavy atom. The molecule has 2 rings (SSSR count). The van der Waals surface area contributed by atoms with Gasteiger partial charge >= 0.3 is 6.03 Å². The number of nitrogens with zero attached hydrogens (tertiary/aromatic N) is 2. The molecule has 32 heavy (non-hydrogen) atoms. The zero-order valence-electron chi connectivity index (χ0n) is 19.4. The first-order chi connectivity index (χ1) is 15.2. The molecule has 0 radical (unpaired) electrons. The minimum Gasteiger partial charge on any atom is -0.467 e. The van der Waals surface area contributed by atoms with Crippen LogP contribution in [0.2, 0.25) is 0 Å². The molecule has 0 saturated carbocycles. The maximum atomic E-state index is 13.3. The normalized spacial score (nSPS) is 11.3. The van der Waals surface area contributed by atoms with Crippen LogP contribution in [0.4, 0.5) is 9.18 Å². The maximum Gasteiger partial charge on any atom is 0.318 e. The third kappa shape index (κ3) is 9.09. The Kier molecular flexibility index (Phi) is 9.71. The molecule has 0 saturated heterocycles. The number of ether oxygens (including phenoxy) is 1. The summed E-state index contributed by atoms with van der Waals surface area (Å²) in [6.07, 6.45) is 2.17. The SMILES string of the molecule is CCOCCCN(CC(=O)N(Cc1ccc(F)cc1)Cc1ccco1)C(=O)NC(C)(C)C. The second-order valence-electron chi connectivity index (χ2n) is 8.61. The van der Waals surface area contributed by atoms with E-state index in [9.17, 15) is 14.0 Å². The molecule has 0 atom stereocenters. The van der Waals surface area contributed by atoms with E-state index in [1.54, 1.807) is 35.4 Å². The summed E-state index contributed by atoms with van der Waals surface area (Å²) in [4.78, 5) is 29.2. The standard InChI is InChI=1S/C24H34FN3O4/c1-5-31-14-7-13-27(23(30)26-24(2,3)4)18-22(29)28(17-21-8-6-15-32-21)16-19-9-11-20(25)12-10-19/h6,8-12,15H,5,7,13-14,16-18H2,1-4H3,(H,26,30). The van der Waals surface area contributed by atoms with Gasteiger partial charge in [-0.05, 0) is 63.9 Å². The van der Waals surface area contributed by atoms with Crippen LogP contribution in [0.15, 0.2) is 47.1 Å². The largest absolute Gasteiger partial charge is 0.467 e. The van der Waals surface area contributed by atoms with E-state index in [-0.39, 0.29) is 37.4 Å². The van der Waals surface area contributed by atoms with Crippen molar-refractivity contribution in [3.05, 3.63) is 59.8 Å². The summed E-state index contributed by atoms with van der Waals surface area (Å²) in [5, 5.41) is 2.92. The number of urea groups is 1. The highest BCUT2D eigenvalue weighted by atomic mass is 19.1. The first-order valence-corrected chi connectivity index (χ1v) is 10.9. The van der Waals surface area contributed by atoms with E-state index in [4.69, 9.17) is 9.15 Å². The van der Waals surface area contributed by atoms with Crippen LogP contribution in [-0.2, 0) is 22.6 Å². The maximum absolute atomic E-state index is 13.3. The minimum absolute atomic E-state index is 0.0874. The molecule has 2 aromatic rings. The highest BCUT2D eigenvalue weighted by molar-refractivity contribution is 5.84. The lowest BCUT2D eigenvalue weighted by Crippen LogP contribution is -2.51. The molecule has 1 N–H and O–H groups in total. The lowest BCUT2D eigenvalue weighted by Gasteiger charge is -2.30. The predicted octanol–water partition coefficient (Wildman–Crippen LogP) is 4.18. The fourth-order valence-corrected chi connectivity index (χ4v) is 3.05.